The van der Waals surface area contributed by atoms with E-state index in [9.17, 15) is 14.7 Å². The Morgan fingerprint density at radius 1 is 1.23 bits per heavy atom. The van der Waals surface area contributed by atoms with Gasteiger partial charge in [-0.15, -0.1) is 0 Å². The Bertz CT molecular complexity index is 675. The van der Waals surface area contributed by atoms with Crippen molar-refractivity contribution in [1.29, 1.82) is 0 Å². The van der Waals surface area contributed by atoms with Gasteiger partial charge in [-0.1, -0.05) is 51.4 Å². The third-order valence-corrected chi connectivity index (χ3v) is 5.55. The molecule has 1 aliphatic rings. The lowest BCUT2D eigenvalue weighted by molar-refractivity contribution is -0.155. The number of hydrogen-bond acceptors (Lipinski definition) is 3. The van der Waals surface area contributed by atoms with Gasteiger partial charge in [-0.3, -0.25) is 4.79 Å². The number of amides is 2. The molecule has 0 radical (unpaired) electrons. The maximum absolute atomic E-state index is 12.9. The standard InChI is InChI=1S/C19H27ClN2O4/c1-12(2)15(21-17(24)25)16(23)22-10-9-19(26,18(3,4)11-22)13-5-7-14(20)8-6-13/h5-8,12,15,21,26H,9-11H2,1-4H3,(H,24,25). The monoisotopic (exact) mass is 382 g/mol. The van der Waals surface area contributed by atoms with Crippen molar-refractivity contribution in [2.75, 3.05) is 13.1 Å². The maximum atomic E-state index is 12.9. The second-order valence-corrected chi connectivity index (χ2v) is 8.37. The molecule has 0 aliphatic carbocycles. The Hall–Kier alpha value is -1.79. The van der Waals surface area contributed by atoms with Crippen LogP contribution in [0.15, 0.2) is 24.3 Å². The maximum Gasteiger partial charge on any atom is 0.405 e. The zero-order chi connectivity index (χ0) is 19.7. The van der Waals surface area contributed by atoms with Crippen LogP contribution in [0.5, 0.6) is 0 Å². The molecule has 26 heavy (non-hydrogen) atoms. The number of carbonyl (C=O) groups is 2. The number of hydrogen-bond donors (Lipinski definition) is 3. The predicted octanol–water partition coefficient (Wildman–Crippen LogP) is 3.08. The molecule has 0 spiro atoms. The van der Waals surface area contributed by atoms with Gasteiger partial charge in [0.2, 0.25) is 5.91 Å². The number of likely N-dealkylation sites (tertiary alicyclic amines) is 1. The number of aliphatic hydroxyl groups is 1. The first-order chi connectivity index (χ1) is 12.0. The fraction of sp³-hybridized carbons (Fsp3) is 0.579. The minimum Gasteiger partial charge on any atom is -0.465 e. The first-order valence-electron chi connectivity index (χ1n) is 8.74. The summed E-state index contributed by atoms with van der Waals surface area (Å²) in [7, 11) is 0. The number of benzene rings is 1. The summed E-state index contributed by atoms with van der Waals surface area (Å²) in [5.41, 5.74) is -0.940. The smallest absolute Gasteiger partial charge is 0.405 e. The molecule has 6 nitrogen and oxygen atoms in total. The van der Waals surface area contributed by atoms with E-state index < -0.39 is 23.2 Å². The Kier molecular flexibility index (Phi) is 5.88. The molecular formula is C19H27ClN2O4. The fourth-order valence-electron chi connectivity index (χ4n) is 3.61. The summed E-state index contributed by atoms with van der Waals surface area (Å²) in [6.45, 7) is 8.11. The minimum atomic E-state index is -1.22. The second-order valence-electron chi connectivity index (χ2n) is 7.93. The summed E-state index contributed by atoms with van der Waals surface area (Å²) in [5, 5.41) is 23.3. The number of carboxylic acid groups (broad SMARTS) is 1. The van der Waals surface area contributed by atoms with Crippen LogP contribution in [-0.2, 0) is 10.4 Å². The fourth-order valence-corrected chi connectivity index (χ4v) is 3.74. The van der Waals surface area contributed by atoms with Gasteiger partial charge in [-0.2, -0.15) is 0 Å². The topological polar surface area (TPSA) is 89.9 Å². The second kappa shape index (κ2) is 7.45. The van der Waals surface area contributed by atoms with Gasteiger partial charge in [-0.05, 0) is 30.0 Å². The van der Waals surface area contributed by atoms with Gasteiger partial charge >= 0.3 is 6.09 Å². The van der Waals surface area contributed by atoms with Crippen molar-refractivity contribution in [3.63, 3.8) is 0 Å². The van der Waals surface area contributed by atoms with E-state index in [1.807, 2.05) is 26.0 Å². The van der Waals surface area contributed by atoms with Crippen LogP contribution in [0.25, 0.3) is 0 Å². The first kappa shape index (κ1) is 20.5. The van der Waals surface area contributed by atoms with E-state index in [1.54, 1.807) is 30.9 Å². The van der Waals surface area contributed by atoms with Crippen molar-refractivity contribution in [1.82, 2.24) is 10.2 Å². The van der Waals surface area contributed by atoms with E-state index in [2.05, 4.69) is 5.32 Å². The number of piperidine rings is 1. The summed E-state index contributed by atoms with van der Waals surface area (Å²) in [5.74, 6) is -0.424. The number of nitrogens with zero attached hydrogens (tertiary/aromatic N) is 1. The largest absolute Gasteiger partial charge is 0.465 e. The third-order valence-electron chi connectivity index (χ3n) is 5.29. The highest BCUT2D eigenvalue weighted by molar-refractivity contribution is 6.30. The van der Waals surface area contributed by atoms with Gasteiger partial charge < -0.3 is 20.4 Å². The molecule has 2 atom stereocenters. The van der Waals surface area contributed by atoms with Gasteiger partial charge in [0, 0.05) is 23.5 Å². The molecule has 2 rings (SSSR count). The van der Waals surface area contributed by atoms with E-state index in [1.165, 1.54) is 0 Å². The molecule has 0 bridgehead atoms. The van der Waals surface area contributed by atoms with Crippen LogP contribution < -0.4 is 5.32 Å². The summed E-state index contributed by atoms with van der Waals surface area (Å²) in [4.78, 5) is 25.5. The Morgan fingerprint density at radius 2 is 1.81 bits per heavy atom. The average molecular weight is 383 g/mol. The van der Waals surface area contributed by atoms with Gasteiger partial charge in [0.05, 0.1) is 5.60 Å². The summed E-state index contributed by atoms with van der Waals surface area (Å²) < 4.78 is 0. The molecule has 0 aromatic heterocycles. The number of halogens is 1. The molecule has 1 aromatic carbocycles. The summed E-state index contributed by atoms with van der Waals surface area (Å²) >= 11 is 5.95. The van der Waals surface area contributed by atoms with E-state index in [0.29, 0.717) is 24.5 Å². The number of nitrogens with one attached hydrogen (secondary N) is 1. The van der Waals surface area contributed by atoms with Crippen LogP contribution in [0, 0.1) is 11.3 Å². The van der Waals surface area contributed by atoms with Gasteiger partial charge in [0.1, 0.15) is 6.04 Å². The third kappa shape index (κ3) is 3.96. The Labute approximate surface area is 159 Å². The van der Waals surface area contributed by atoms with Crippen molar-refractivity contribution in [3.8, 4) is 0 Å². The molecule has 0 saturated carbocycles. The highest BCUT2D eigenvalue weighted by atomic mass is 35.5. The molecule has 1 fully saturated rings. The molecule has 144 valence electrons. The van der Waals surface area contributed by atoms with E-state index in [-0.39, 0.29) is 11.8 Å². The van der Waals surface area contributed by atoms with E-state index >= 15 is 0 Å². The lowest BCUT2D eigenvalue weighted by Gasteiger charge is -2.51. The van der Waals surface area contributed by atoms with Crippen LogP contribution >= 0.6 is 11.6 Å². The zero-order valence-electron chi connectivity index (χ0n) is 15.6. The zero-order valence-corrected chi connectivity index (χ0v) is 16.4. The number of carbonyl (C=O) groups excluding carboxylic acids is 1. The highest BCUT2D eigenvalue weighted by Gasteiger charge is 2.50. The van der Waals surface area contributed by atoms with Crippen LogP contribution in [0.2, 0.25) is 5.02 Å². The van der Waals surface area contributed by atoms with Crippen molar-refractivity contribution < 1.29 is 19.8 Å². The SMILES string of the molecule is CC(C)C(NC(=O)O)C(=O)N1CCC(O)(c2ccc(Cl)cc2)C(C)(C)C1. The molecule has 7 heteroatoms. The van der Waals surface area contributed by atoms with Crippen LogP contribution in [-0.4, -0.2) is 46.2 Å². The molecule has 1 saturated heterocycles. The normalized spacial score (nSPS) is 23.6. The summed E-state index contributed by atoms with van der Waals surface area (Å²) in [6, 6.07) is 6.31. The lowest BCUT2D eigenvalue weighted by atomic mass is 9.66. The van der Waals surface area contributed by atoms with Crippen molar-refractivity contribution >= 4 is 23.6 Å². The molecule has 2 amide bonds. The number of rotatable bonds is 4. The molecule has 2 unspecified atom stereocenters. The Morgan fingerprint density at radius 3 is 2.27 bits per heavy atom. The Balaban J connectivity index is 2.23. The molecule has 1 aliphatic heterocycles. The van der Waals surface area contributed by atoms with E-state index in [4.69, 9.17) is 16.7 Å². The van der Waals surface area contributed by atoms with E-state index in [0.717, 1.165) is 5.56 Å². The van der Waals surface area contributed by atoms with Gasteiger partial charge in [0.25, 0.3) is 0 Å². The molecule has 1 aromatic rings. The first-order valence-corrected chi connectivity index (χ1v) is 9.12. The lowest BCUT2D eigenvalue weighted by Crippen LogP contribution is -2.60. The minimum absolute atomic E-state index is 0.168. The van der Waals surface area contributed by atoms with Crippen LogP contribution in [0.3, 0.4) is 0 Å². The van der Waals surface area contributed by atoms with Gasteiger partial charge in [0.15, 0.2) is 0 Å². The van der Waals surface area contributed by atoms with Crippen molar-refractivity contribution in [2.24, 2.45) is 11.3 Å². The molecule has 3 N–H and O–H groups in total. The van der Waals surface area contributed by atoms with Gasteiger partial charge in [-0.25, -0.2) is 4.79 Å². The average Bonchev–Trinajstić information content (AvgIpc) is 2.54. The molecular weight excluding hydrogens is 356 g/mol. The van der Waals surface area contributed by atoms with Crippen LogP contribution in [0.1, 0.15) is 39.7 Å². The summed E-state index contributed by atoms with van der Waals surface area (Å²) in [6.07, 6.45) is -0.850. The highest BCUT2D eigenvalue weighted by Crippen LogP contribution is 2.46. The van der Waals surface area contributed by atoms with Crippen LogP contribution in [0.4, 0.5) is 4.79 Å². The quantitative estimate of drug-likeness (QED) is 0.746. The van der Waals surface area contributed by atoms with Crippen molar-refractivity contribution in [2.45, 2.75) is 45.8 Å². The molecule has 1 heterocycles. The van der Waals surface area contributed by atoms with Crippen molar-refractivity contribution in [3.05, 3.63) is 34.9 Å². The predicted molar refractivity (Wildman–Crippen MR) is 100 cm³/mol.